The second-order valence-electron chi connectivity index (χ2n) is 5.83. The largest absolute Gasteiger partial charge is 0.313 e. The Bertz CT molecular complexity index is 416. The van der Waals surface area contributed by atoms with Crippen molar-refractivity contribution in [1.82, 2.24) is 15.1 Å². The average Bonchev–Trinajstić information content (AvgIpc) is 2.51. The molecule has 1 aromatic rings. The van der Waals surface area contributed by atoms with E-state index in [0.29, 0.717) is 0 Å². The van der Waals surface area contributed by atoms with Gasteiger partial charge in [-0.15, -0.1) is 0 Å². The van der Waals surface area contributed by atoms with Crippen molar-refractivity contribution in [2.75, 3.05) is 46.3 Å². The van der Waals surface area contributed by atoms with Gasteiger partial charge in [-0.05, 0) is 32.5 Å². The minimum atomic E-state index is -0.107. The Kier molecular flexibility index (Phi) is 6.61. The van der Waals surface area contributed by atoms with Crippen LogP contribution in [0.5, 0.6) is 0 Å². The van der Waals surface area contributed by atoms with Gasteiger partial charge in [-0.1, -0.05) is 25.1 Å². The molecule has 0 aromatic heterocycles. The minimum absolute atomic E-state index is 0.0971. The van der Waals surface area contributed by atoms with Crippen LogP contribution in [0, 0.1) is 5.82 Å². The molecule has 1 atom stereocenters. The lowest BCUT2D eigenvalue weighted by molar-refractivity contribution is 0.128. The predicted molar refractivity (Wildman–Crippen MR) is 86.0 cm³/mol. The van der Waals surface area contributed by atoms with Gasteiger partial charge in [0.05, 0.1) is 0 Å². The molecule has 1 aliphatic rings. The smallest absolute Gasteiger partial charge is 0.127 e. The summed E-state index contributed by atoms with van der Waals surface area (Å²) < 4.78 is 13.9. The maximum atomic E-state index is 13.9. The molecular weight excluding hydrogens is 265 g/mol. The van der Waals surface area contributed by atoms with Gasteiger partial charge in [0, 0.05) is 44.3 Å². The zero-order chi connectivity index (χ0) is 15.1. The molecule has 0 aliphatic carbocycles. The molecule has 0 spiro atoms. The van der Waals surface area contributed by atoms with Crippen molar-refractivity contribution >= 4 is 0 Å². The van der Waals surface area contributed by atoms with Crippen LogP contribution in [-0.2, 0) is 0 Å². The first-order valence-electron chi connectivity index (χ1n) is 8.11. The predicted octanol–water partition coefficient (Wildman–Crippen LogP) is 2.50. The molecule has 21 heavy (non-hydrogen) atoms. The third-order valence-electron chi connectivity index (χ3n) is 4.37. The quantitative estimate of drug-likeness (QED) is 0.833. The number of nitrogens with zero attached hydrogens (tertiary/aromatic N) is 2. The molecule has 2 rings (SSSR count). The Morgan fingerprint density at radius 1 is 1.10 bits per heavy atom. The normalized spacial score (nSPS) is 18.8. The fraction of sp³-hybridized carbons (Fsp3) is 0.647. The maximum Gasteiger partial charge on any atom is 0.127 e. The number of piperazine rings is 1. The molecular formula is C17H28FN3. The van der Waals surface area contributed by atoms with E-state index in [1.807, 2.05) is 19.2 Å². The van der Waals surface area contributed by atoms with Crippen LogP contribution in [-0.4, -0.2) is 56.1 Å². The second-order valence-corrected chi connectivity index (χ2v) is 5.83. The fourth-order valence-electron chi connectivity index (χ4n) is 3.08. The summed E-state index contributed by atoms with van der Waals surface area (Å²) in [6.07, 6.45) is 2.18. The molecule has 0 amide bonds. The molecule has 1 aliphatic heterocycles. The van der Waals surface area contributed by atoms with Crippen LogP contribution in [0.15, 0.2) is 24.3 Å². The van der Waals surface area contributed by atoms with Crippen molar-refractivity contribution in [3.05, 3.63) is 35.6 Å². The topological polar surface area (TPSA) is 18.5 Å². The van der Waals surface area contributed by atoms with Crippen molar-refractivity contribution in [1.29, 1.82) is 0 Å². The number of hydrogen-bond donors (Lipinski definition) is 1. The average molecular weight is 293 g/mol. The molecule has 4 heteroatoms. The molecule has 1 fully saturated rings. The van der Waals surface area contributed by atoms with Gasteiger partial charge in [-0.25, -0.2) is 4.39 Å². The first-order valence-corrected chi connectivity index (χ1v) is 8.11. The monoisotopic (exact) mass is 293 g/mol. The van der Waals surface area contributed by atoms with Crippen LogP contribution in [0.25, 0.3) is 0 Å². The standard InChI is InChI=1S/C17H28FN3/c1-3-9-20-11-13-21(14-12-20)10-8-17(19-2)15-6-4-5-7-16(15)18/h4-7,17,19H,3,8-14H2,1-2H3. The molecule has 1 saturated heterocycles. The molecule has 0 bridgehead atoms. The van der Waals surface area contributed by atoms with Crippen molar-refractivity contribution in [2.45, 2.75) is 25.8 Å². The van der Waals surface area contributed by atoms with Gasteiger partial charge in [0.25, 0.3) is 0 Å². The van der Waals surface area contributed by atoms with Crippen molar-refractivity contribution in [3.63, 3.8) is 0 Å². The minimum Gasteiger partial charge on any atom is -0.313 e. The first kappa shape index (κ1) is 16.4. The van der Waals surface area contributed by atoms with Crippen LogP contribution >= 0.6 is 0 Å². The highest BCUT2D eigenvalue weighted by Gasteiger charge is 2.18. The van der Waals surface area contributed by atoms with Gasteiger partial charge in [0.1, 0.15) is 5.82 Å². The van der Waals surface area contributed by atoms with Crippen LogP contribution in [0.2, 0.25) is 0 Å². The van der Waals surface area contributed by atoms with E-state index in [1.165, 1.54) is 13.0 Å². The molecule has 0 saturated carbocycles. The third-order valence-corrected chi connectivity index (χ3v) is 4.37. The van der Waals surface area contributed by atoms with E-state index >= 15 is 0 Å². The number of hydrogen-bond acceptors (Lipinski definition) is 3. The first-order chi connectivity index (χ1) is 10.2. The van der Waals surface area contributed by atoms with Crippen molar-refractivity contribution in [3.8, 4) is 0 Å². The fourth-order valence-corrected chi connectivity index (χ4v) is 3.08. The van der Waals surface area contributed by atoms with E-state index in [-0.39, 0.29) is 11.9 Å². The summed E-state index contributed by atoms with van der Waals surface area (Å²) in [6, 6.07) is 7.18. The highest BCUT2D eigenvalue weighted by molar-refractivity contribution is 5.21. The van der Waals surface area contributed by atoms with E-state index < -0.39 is 0 Å². The van der Waals surface area contributed by atoms with Crippen LogP contribution in [0.1, 0.15) is 31.4 Å². The van der Waals surface area contributed by atoms with E-state index in [1.54, 1.807) is 12.1 Å². The van der Waals surface area contributed by atoms with Gasteiger partial charge in [-0.3, -0.25) is 0 Å². The van der Waals surface area contributed by atoms with E-state index in [4.69, 9.17) is 0 Å². The summed E-state index contributed by atoms with van der Waals surface area (Å²) in [4.78, 5) is 5.03. The van der Waals surface area contributed by atoms with Crippen LogP contribution in [0.3, 0.4) is 0 Å². The highest BCUT2D eigenvalue weighted by atomic mass is 19.1. The lowest BCUT2D eigenvalue weighted by Crippen LogP contribution is -2.47. The highest BCUT2D eigenvalue weighted by Crippen LogP contribution is 2.20. The van der Waals surface area contributed by atoms with Gasteiger partial charge in [0.15, 0.2) is 0 Å². The van der Waals surface area contributed by atoms with Gasteiger partial charge in [0.2, 0.25) is 0 Å². The van der Waals surface area contributed by atoms with Gasteiger partial charge >= 0.3 is 0 Å². The lowest BCUT2D eigenvalue weighted by Gasteiger charge is -2.35. The number of halogens is 1. The Hall–Kier alpha value is -0.970. The van der Waals surface area contributed by atoms with Crippen molar-refractivity contribution in [2.24, 2.45) is 0 Å². The summed E-state index contributed by atoms with van der Waals surface area (Å²) in [5.74, 6) is -0.107. The molecule has 1 N–H and O–H groups in total. The molecule has 0 radical (unpaired) electrons. The van der Waals surface area contributed by atoms with Crippen LogP contribution in [0.4, 0.5) is 4.39 Å². The Balaban J connectivity index is 1.81. The molecule has 1 heterocycles. The zero-order valence-corrected chi connectivity index (χ0v) is 13.3. The lowest BCUT2D eigenvalue weighted by atomic mass is 10.0. The Labute approximate surface area is 128 Å². The van der Waals surface area contributed by atoms with Gasteiger partial charge in [-0.2, -0.15) is 0 Å². The van der Waals surface area contributed by atoms with E-state index in [9.17, 15) is 4.39 Å². The number of nitrogens with one attached hydrogen (secondary N) is 1. The number of benzene rings is 1. The summed E-state index contributed by atoms with van der Waals surface area (Å²) in [5, 5.41) is 3.25. The molecule has 1 unspecified atom stereocenters. The zero-order valence-electron chi connectivity index (χ0n) is 13.3. The molecule has 118 valence electrons. The Morgan fingerprint density at radius 2 is 1.71 bits per heavy atom. The second kappa shape index (κ2) is 8.47. The summed E-state index contributed by atoms with van der Waals surface area (Å²) in [6.45, 7) is 9.07. The summed E-state index contributed by atoms with van der Waals surface area (Å²) >= 11 is 0. The van der Waals surface area contributed by atoms with Crippen LogP contribution < -0.4 is 5.32 Å². The summed E-state index contributed by atoms with van der Waals surface area (Å²) in [7, 11) is 1.91. The van der Waals surface area contributed by atoms with Crippen molar-refractivity contribution < 1.29 is 4.39 Å². The molecule has 3 nitrogen and oxygen atoms in total. The number of rotatable bonds is 7. The summed E-state index contributed by atoms with van der Waals surface area (Å²) in [5.41, 5.74) is 0.782. The Morgan fingerprint density at radius 3 is 2.29 bits per heavy atom. The third kappa shape index (κ3) is 4.77. The van der Waals surface area contributed by atoms with Gasteiger partial charge < -0.3 is 15.1 Å². The maximum absolute atomic E-state index is 13.9. The molecule has 1 aromatic carbocycles. The van der Waals surface area contributed by atoms with E-state index in [0.717, 1.165) is 44.7 Å². The van der Waals surface area contributed by atoms with E-state index in [2.05, 4.69) is 22.0 Å². The SMILES string of the molecule is CCCN1CCN(CCC(NC)c2ccccc2F)CC1.